The van der Waals surface area contributed by atoms with Gasteiger partial charge in [-0.15, -0.1) is 0 Å². The van der Waals surface area contributed by atoms with Crippen LogP contribution in [0.2, 0.25) is 0 Å². The zero-order chi connectivity index (χ0) is 18.0. The van der Waals surface area contributed by atoms with Gasteiger partial charge in [0, 0.05) is 35.5 Å². The molecule has 3 heterocycles. The van der Waals surface area contributed by atoms with Crippen molar-refractivity contribution in [1.82, 2.24) is 25.1 Å². The van der Waals surface area contributed by atoms with E-state index in [1.165, 1.54) is 17.0 Å². The molecule has 1 atom stereocenters. The number of aromatic nitrogens is 4. The van der Waals surface area contributed by atoms with Crippen LogP contribution in [0.4, 0.5) is 5.82 Å². The Balaban J connectivity index is 1.82. The average molecular weight is 342 g/mol. The summed E-state index contributed by atoms with van der Waals surface area (Å²) in [5, 5.41) is 11.6. The smallest absolute Gasteiger partial charge is 0.130 e. The maximum Gasteiger partial charge on any atom is 0.130 e. The van der Waals surface area contributed by atoms with Gasteiger partial charge < -0.3 is 10.6 Å². The Morgan fingerprint density at radius 3 is 2.60 bits per heavy atom. The topological polar surface area (TPSA) is 67.7 Å². The fraction of sp³-hybridized carbons (Fsp3) is 0.632. The van der Waals surface area contributed by atoms with Crippen molar-refractivity contribution in [2.24, 2.45) is 0 Å². The van der Waals surface area contributed by atoms with Crippen molar-refractivity contribution < 1.29 is 0 Å². The Bertz CT molecular complexity index is 730. The van der Waals surface area contributed by atoms with E-state index in [-0.39, 0.29) is 6.04 Å². The fourth-order valence-corrected chi connectivity index (χ4v) is 3.93. The van der Waals surface area contributed by atoms with Crippen molar-refractivity contribution in [2.75, 3.05) is 18.4 Å². The van der Waals surface area contributed by atoms with Gasteiger partial charge in [-0.2, -0.15) is 5.10 Å². The number of hydrogen-bond donors (Lipinski definition) is 2. The van der Waals surface area contributed by atoms with Crippen LogP contribution >= 0.6 is 0 Å². The van der Waals surface area contributed by atoms with Crippen molar-refractivity contribution in [2.45, 2.75) is 66.0 Å². The number of piperidine rings is 1. The van der Waals surface area contributed by atoms with E-state index in [1.807, 2.05) is 6.92 Å². The number of nitrogens with zero attached hydrogens (tertiary/aromatic N) is 4. The largest absolute Gasteiger partial charge is 0.363 e. The van der Waals surface area contributed by atoms with E-state index in [2.05, 4.69) is 59.2 Å². The number of hydrogen-bond acceptors (Lipinski definition) is 5. The molecular formula is C19H30N6. The first-order valence-electron chi connectivity index (χ1n) is 9.36. The quantitative estimate of drug-likeness (QED) is 0.873. The van der Waals surface area contributed by atoms with Crippen molar-refractivity contribution in [3.05, 3.63) is 34.5 Å². The van der Waals surface area contributed by atoms with Crippen LogP contribution in [0, 0.1) is 20.8 Å². The molecule has 25 heavy (non-hydrogen) atoms. The molecule has 0 radical (unpaired) electrons. The molecule has 3 rings (SSSR count). The summed E-state index contributed by atoms with van der Waals surface area (Å²) in [5.74, 6) is 2.28. The van der Waals surface area contributed by atoms with Gasteiger partial charge >= 0.3 is 0 Å². The minimum absolute atomic E-state index is 0.162. The minimum Gasteiger partial charge on any atom is -0.363 e. The van der Waals surface area contributed by atoms with E-state index >= 15 is 0 Å². The number of nitrogens with one attached hydrogen (secondary N) is 2. The second-order valence-corrected chi connectivity index (χ2v) is 7.02. The lowest BCUT2D eigenvalue weighted by Gasteiger charge is -2.23. The summed E-state index contributed by atoms with van der Waals surface area (Å²) < 4.78 is 2.06. The highest BCUT2D eigenvalue weighted by Crippen LogP contribution is 2.28. The molecule has 1 saturated heterocycles. The van der Waals surface area contributed by atoms with Gasteiger partial charge in [0.1, 0.15) is 11.6 Å². The lowest BCUT2D eigenvalue weighted by Crippen LogP contribution is -2.27. The molecule has 0 saturated carbocycles. The third-order valence-corrected chi connectivity index (χ3v) is 5.15. The third-order valence-electron chi connectivity index (χ3n) is 5.15. The Hall–Kier alpha value is -1.95. The first-order valence-corrected chi connectivity index (χ1v) is 9.36. The van der Waals surface area contributed by atoms with Gasteiger partial charge in [-0.05, 0) is 60.5 Å². The van der Waals surface area contributed by atoms with Gasteiger partial charge in [-0.25, -0.2) is 9.97 Å². The molecule has 2 N–H and O–H groups in total. The molecule has 0 aliphatic carbocycles. The van der Waals surface area contributed by atoms with Gasteiger partial charge in [-0.3, -0.25) is 4.68 Å². The zero-order valence-corrected chi connectivity index (χ0v) is 16.1. The van der Waals surface area contributed by atoms with Crippen LogP contribution in [0.15, 0.2) is 6.07 Å². The summed E-state index contributed by atoms with van der Waals surface area (Å²) >= 11 is 0. The van der Waals surface area contributed by atoms with Crippen molar-refractivity contribution in [3.63, 3.8) is 0 Å². The van der Waals surface area contributed by atoms with Gasteiger partial charge in [0.25, 0.3) is 0 Å². The molecule has 1 aliphatic rings. The van der Waals surface area contributed by atoms with Crippen molar-refractivity contribution in [3.8, 4) is 0 Å². The van der Waals surface area contributed by atoms with Gasteiger partial charge in [0.05, 0.1) is 11.7 Å². The Morgan fingerprint density at radius 1 is 1.24 bits per heavy atom. The molecule has 1 fully saturated rings. The van der Waals surface area contributed by atoms with Crippen LogP contribution in [-0.4, -0.2) is 32.8 Å². The predicted molar refractivity (Wildman–Crippen MR) is 101 cm³/mol. The molecular weight excluding hydrogens is 312 g/mol. The second-order valence-electron chi connectivity index (χ2n) is 7.02. The SMILES string of the molecule is CCn1nc(C)c([C@@H](C)Nc2cc(C3CCNCC3)nc(C)n2)c1C. The summed E-state index contributed by atoms with van der Waals surface area (Å²) in [6, 6.07) is 2.30. The molecule has 2 aromatic heterocycles. The van der Waals surface area contributed by atoms with Gasteiger partial charge in [-0.1, -0.05) is 0 Å². The first-order chi connectivity index (χ1) is 12.0. The standard InChI is InChI=1S/C19H30N6/c1-6-25-14(4)19(13(3)24-25)12(2)21-18-11-17(22-15(5)23-18)16-7-9-20-10-8-16/h11-12,16,20H,6-10H2,1-5H3,(H,21,22,23)/t12-/m1/s1. The average Bonchev–Trinajstić information content (AvgIpc) is 2.89. The summed E-state index contributed by atoms with van der Waals surface area (Å²) in [5.41, 5.74) is 4.75. The Labute approximate surface area is 150 Å². The minimum atomic E-state index is 0.162. The second kappa shape index (κ2) is 7.52. The highest BCUT2D eigenvalue weighted by Gasteiger charge is 2.20. The van der Waals surface area contributed by atoms with Gasteiger partial charge in [0.2, 0.25) is 0 Å². The first kappa shape index (κ1) is 17.9. The molecule has 0 unspecified atom stereocenters. The molecule has 2 aromatic rings. The van der Waals surface area contributed by atoms with Crippen LogP contribution in [-0.2, 0) is 6.54 Å². The van der Waals surface area contributed by atoms with Crippen LogP contribution in [0.5, 0.6) is 0 Å². The normalized spacial score (nSPS) is 16.8. The fourth-order valence-electron chi connectivity index (χ4n) is 3.93. The monoisotopic (exact) mass is 342 g/mol. The molecule has 0 aromatic carbocycles. The molecule has 136 valence electrons. The van der Waals surface area contributed by atoms with Gasteiger partial charge in [0.15, 0.2) is 0 Å². The summed E-state index contributed by atoms with van der Waals surface area (Å²) in [6.45, 7) is 13.5. The lowest BCUT2D eigenvalue weighted by molar-refractivity contribution is 0.452. The van der Waals surface area contributed by atoms with E-state index < -0.39 is 0 Å². The Kier molecular flexibility index (Phi) is 5.37. The number of rotatable bonds is 5. The van der Waals surface area contributed by atoms with Crippen LogP contribution in [0.1, 0.15) is 67.1 Å². The Morgan fingerprint density at radius 2 is 1.96 bits per heavy atom. The summed E-state index contributed by atoms with van der Waals surface area (Å²) in [6.07, 6.45) is 2.29. The lowest BCUT2D eigenvalue weighted by atomic mass is 9.94. The predicted octanol–water partition coefficient (Wildman–Crippen LogP) is 3.26. The van der Waals surface area contributed by atoms with Crippen LogP contribution < -0.4 is 10.6 Å². The van der Waals surface area contributed by atoms with E-state index in [0.717, 1.165) is 49.8 Å². The number of anilines is 1. The zero-order valence-electron chi connectivity index (χ0n) is 16.1. The van der Waals surface area contributed by atoms with Crippen molar-refractivity contribution >= 4 is 5.82 Å². The van der Waals surface area contributed by atoms with E-state index in [4.69, 9.17) is 4.98 Å². The van der Waals surface area contributed by atoms with E-state index in [0.29, 0.717) is 5.92 Å². The van der Waals surface area contributed by atoms with E-state index in [1.54, 1.807) is 0 Å². The molecule has 6 heteroatoms. The van der Waals surface area contributed by atoms with Crippen LogP contribution in [0.25, 0.3) is 0 Å². The molecule has 0 bridgehead atoms. The third kappa shape index (κ3) is 3.84. The highest BCUT2D eigenvalue weighted by molar-refractivity contribution is 5.42. The maximum absolute atomic E-state index is 4.69. The van der Waals surface area contributed by atoms with Crippen molar-refractivity contribution in [1.29, 1.82) is 0 Å². The molecule has 0 amide bonds. The highest BCUT2D eigenvalue weighted by atomic mass is 15.3. The maximum atomic E-state index is 4.69. The summed E-state index contributed by atoms with van der Waals surface area (Å²) in [4.78, 5) is 9.31. The van der Waals surface area contributed by atoms with E-state index in [9.17, 15) is 0 Å². The molecule has 0 spiro atoms. The molecule has 1 aliphatic heterocycles. The summed E-state index contributed by atoms with van der Waals surface area (Å²) in [7, 11) is 0. The number of aryl methyl sites for hydroxylation is 3. The molecule has 6 nitrogen and oxygen atoms in total. The van der Waals surface area contributed by atoms with Crippen LogP contribution in [0.3, 0.4) is 0 Å².